The van der Waals surface area contributed by atoms with E-state index in [2.05, 4.69) is 22.0 Å². The summed E-state index contributed by atoms with van der Waals surface area (Å²) in [5.41, 5.74) is 8.13. The Morgan fingerprint density at radius 2 is 1.77 bits per heavy atom. The highest BCUT2D eigenvalue weighted by Gasteiger charge is 2.47. The van der Waals surface area contributed by atoms with E-state index in [0.717, 1.165) is 24.8 Å². The number of hydrogen-bond acceptors (Lipinski definition) is 6. The second-order valence-corrected chi connectivity index (χ2v) is 9.65. The molecular weight excluding hydrogens is 448 g/mol. The maximum Gasteiger partial charge on any atom is 0.252 e. The molecule has 0 saturated carbocycles. The number of benzene rings is 1. The zero-order valence-electron chi connectivity index (χ0n) is 20.5. The SMILES string of the molecule is CN[C@@H](N)C(=O)N[C@H]1CCCN(C(C)=O)C2CCC(C(=O)NC3CCCc4ccccc43)N2C1=O. The van der Waals surface area contributed by atoms with Crippen molar-refractivity contribution in [3.63, 3.8) is 0 Å². The standard InChI is InChI=1S/C25H36N6O4/c1-15(32)30-14-6-11-19(29-24(34)22(26)27-2)25(35)31-20(12-13-21(30)31)23(33)28-18-10-5-8-16-7-3-4-9-17(16)18/h3-4,7,9,18-22,27H,5-6,8,10-14,26H2,1-2H3,(H,28,33)(H,29,34)/t18?,19-,20?,21?,22+/m0/s1. The normalized spacial score (nSPS) is 27.2. The topological polar surface area (TPSA) is 137 Å². The van der Waals surface area contributed by atoms with Crippen LogP contribution in [0.3, 0.4) is 0 Å². The summed E-state index contributed by atoms with van der Waals surface area (Å²) in [6, 6.07) is 6.51. The number of fused-ring (bicyclic) bond motifs is 2. The van der Waals surface area contributed by atoms with E-state index in [1.165, 1.54) is 17.4 Å². The fourth-order valence-corrected chi connectivity index (χ4v) is 5.64. The lowest BCUT2D eigenvalue weighted by atomic mass is 9.87. The average Bonchev–Trinajstić information content (AvgIpc) is 3.28. The van der Waals surface area contributed by atoms with E-state index in [1.807, 2.05) is 18.2 Å². The van der Waals surface area contributed by atoms with Crippen LogP contribution in [0.2, 0.25) is 0 Å². The van der Waals surface area contributed by atoms with E-state index in [0.29, 0.717) is 32.2 Å². The number of nitrogens with one attached hydrogen (secondary N) is 3. The van der Waals surface area contributed by atoms with Gasteiger partial charge in [0, 0.05) is 13.5 Å². The Hall–Kier alpha value is -2.98. The van der Waals surface area contributed by atoms with E-state index >= 15 is 0 Å². The monoisotopic (exact) mass is 484 g/mol. The van der Waals surface area contributed by atoms with E-state index in [-0.39, 0.29) is 23.8 Å². The third kappa shape index (κ3) is 5.18. The van der Waals surface area contributed by atoms with Crippen LogP contribution >= 0.6 is 0 Å². The summed E-state index contributed by atoms with van der Waals surface area (Å²) in [7, 11) is 1.56. The van der Waals surface area contributed by atoms with E-state index < -0.39 is 30.3 Å². The molecular formula is C25H36N6O4. The maximum atomic E-state index is 13.7. The first-order valence-corrected chi connectivity index (χ1v) is 12.5. The number of amides is 4. The molecule has 0 radical (unpaired) electrons. The molecule has 0 spiro atoms. The first-order chi connectivity index (χ1) is 16.8. The van der Waals surface area contributed by atoms with Gasteiger partial charge < -0.3 is 26.2 Å². The zero-order chi connectivity index (χ0) is 25.1. The first kappa shape index (κ1) is 25.1. The van der Waals surface area contributed by atoms with Crippen molar-refractivity contribution in [3.8, 4) is 0 Å². The molecule has 4 rings (SSSR count). The van der Waals surface area contributed by atoms with Gasteiger partial charge in [-0.15, -0.1) is 0 Å². The van der Waals surface area contributed by atoms with Crippen LogP contribution in [0.15, 0.2) is 24.3 Å². The predicted octanol–water partition coefficient (Wildman–Crippen LogP) is 0.129. The molecule has 1 aliphatic carbocycles. The van der Waals surface area contributed by atoms with Gasteiger partial charge in [-0.05, 0) is 63.1 Å². The van der Waals surface area contributed by atoms with Gasteiger partial charge in [0.25, 0.3) is 5.91 Å². The molecule has 2 saturated heterocycles. The van der Waals surface area contributed by atoms with Crippen LogP contribution in [0.4, 0.5) is 0 Å². The highest BCUT2D eigenvalue weighted by atomic mass is 16.2. The second kappa shape index (κ2) is 10.7. The lowest BCUT2D eigenvalue weighted by molar-refractivity contribution is -0.153. The Morgan fingerprint density at radius 3 is 2.51 bits per heavy atom. The molecule has 4 amide bonds. The quantitative estimate of drug-likeness (QED) is 0.439. The van der Waals surface area contributed by atoms with Gasteiger partial charge in [-0.2, -0.15) is 0 Å². The van der Waals surface area contributed by atoms with Crippen LogP contribution in [0.5, 0.6) is 0 Å². The minimum Gasteiger partial charge on any atom is -0.347 e. The molecule has 1 aromatic carbocycles. The fraction of sp³-hybridized carbons (Fsp3) is 0.600. The van der Waals surface area contributed by atoms with Gasteiger partial charge in [0.05, 0.1) is 6.04 Å². The second-order valence-electron chi connectivity index (χ2n) is 9.65. The van der Waals surface area contributed by atoms with Gasteiger partial charge in [-0.3, -0.25) is 24.5 Å². The Bertz CT molecular complexity index is 984. The van der Waals surface area contributed by atoms with Crippen LogP contribution in [-0.2, 0) is 25.6 Å². The number of nitrogens with zero attached hydrogens (tertiary/aromatic N) is 2. The summed E-state index contributed by atoms with van der Waals surface area (Å²) in [5, 5.41) is 8.59. The van der Waals surface area contributed by atoms with Crippen LogP contribution in [0, 0.1) is 0 Å². The lowest BCUT2D eigenvalue weighted by Crippen LogP contribution is -2.62. The Morgan fingerprint density at radius 1 is 1.03 bits per heavy atom. The molecule has 190 valence electrons. The summed E-state index contributed by atoms with van der Waals surface area (Å²) in [6.45, 7) is 1.94. The van der Waals surface area contributed by atoms with Gasteiger partial charge in [-0.1, -0.05) is 24.3 Å². The van der Waals surface area contributed by atoms with E-state index in [4.69, 9.17) is 5.73 Å². The molecule has 2 fully saturated rings. The molecule has 2 aliphatic heterocycles. The molecule has 0 aromatic heterocycles. The molecule has 10 heteroatoms. The summed E-state index contributed by atoms with van der Waals surface area (Å²) in [4.78, 5) is 55.4. The van der Waals surface area contributed by atoms with Crippen molar-refractivity contribution in [3.05, 3.63) is 35.4 Å². The summed E-state index contributed by atoms with van der Waals surface area (Å²) in [5.74, 6) is -1.18. The van der Waals surface area contributed by atoms with Crippen molar-refractivity contribution < 1.29 is 19.2 Å². The number of carbonyl (C=O) groups is 4. The highest BCUT2D eigenvalue weighted by Crippen LogP contribution is 2.33. The number of aryl methyl sites for hydroxylation is 1. The summed E-state index contributed by atoms with van der Waals surface area (Å²) < 4.78 is 0. The molecule has 5 atom stereocenters. The minimum atomic E-state index is -0.943. The van der Waals surface area contributed by atoms with Gasteiger partial charge in [0.2, 0.25) is 17.7 Å². The van der Waals surface area contributed by atoms with Crippen LogP contribution in [0.1, 0.15) is 62.6 Å². The van der Waals surface area contributed by atoms with Crippen LogP contribution in [-0.4, -0.2) is 71.4 Å². The minimum absolute atomic E-state index is 0.107. The largest absolute Gasteiger partial charge is 0.347 e. The molecule has 0 bridgehead atoms. The Kier molecular flexibility index (Phi) is 7.71. The summed E-state index contributed by atoms with van der Waals surface area (Å²) in [6.07, 6.45) is 3.25. The predicted molar refractivity (Wildman–Crippen MR) is 130 cm³/mol. The van der Waals surface area contributed by atoms with Gasteiger partial charge in [0.1, 0.15) is 24.4 Å². The summed E-state index contributed by atoms with van der Waals surface area (Å²) >= 11 is 0. The van der Waals surface area contributed by atoms with Crippen LogP contribution in [0.25, 0.3) is 0 Å². The molecule has 5 N–H and O–H groups in total. The highest BCUT2D eigenvalue weighted by molar-refractivity contribution is 5.94. The van der Waals surface area contributed by atoms with Gasteiger partial charge in [0.15, 0.2) is 0 Å². The molecule has 1 aromatic rings. The average molecular weight is 485 g/mol. The molecule has 3 aliphatic rings. The van der Waals surface area contributed by atoms with Gasteiger partial charge in [-0.25, -0.2) is 0 Å². The van der Waals surface area contributed by atoms with Crippen molar-refractivity contribution in [1.82, 2.24) is 25.8 Å². The maximum absolute atomic E-state index is 13.7. The smallest absolute Gasteiger partial charge is 0.252 e. The third-order valence-electron chi connectivity index (χ3n) is 7.46. The molecule has 2 heterocycles. The lowest BCUT2D eigenvalue weighted by Gasteiger charge is -2.41. The number of rotatable bonds is 5. The third-order valence-corrected chi connectivity index (χ3v) is 7.46. The number of nitrogens with two attached hydrogens (primary N) is 1. The number of carbonyl (C=O) groups excluding carboxylic acids is 4. The Balaban J connectivity index is 1.57. The first-order valence-electron chi connectivity index (χ1n) is 12.5. The number of hydrogen-bond donors (Lipinski definition) is 4. The van der Waals surface area contributed by atoms with Gasteiger partial charge >= 0.3 is 0 Å². The zero-order valence-corrected chi connectivity index (χ0v) is 20.5. The fourth-order valence-electron chi connectivity index (χ4n) is 5.64. The van der Waals surface area contributed by atoms with Crippen molar-refractivity contribution in [1.29, 1.82) is 0 Å². The van der Waals surface area contributed by atoms with Crippen molar-refractivity contribution in [2.75, 3.05) is 13.6 Å². The molecule has 35 heavy (non-hydrogen) atoms. The van der Waals surface area contributed by atoms with Crippen molar-refractivity contribution in [2.45, 2.75) is 82.3 Å². The molecule has 10 nitrogen and oxygen atoms in total. The van der Waals surface area contributed by atoms with Crippen LogP contribution < -0.4 is 21.7 Å². The Labute approximate surface area is 206 Å². The van der Waals surface area contributed by atoms with E-state index in [9.17, 15) is 19.2 Å². The van der Waals surface area contributed by atoms with Crippen molar-refractivity contribution >= 4 is 23.6 Å². The van der Waals surface area contributed by atoms with Crippen molar-refractivity contribution in [2.24, 2.45) is 5.73 Å². The van der Waals surface area contributed by atoms with E-state index in [1.54, 1.807) is 11.9 Å². The number of likely N-dealkylation sites (N-methyl/N-ethyl adjacent to an activating group) is 1. The molecule has 3 unspecified atom stereocenters.